The molecule has 2 aromatic rings. The lowest BCUT2D eigenvalue weighted by Gasteiger charge is -2.26. The molecule has 118 valence electrons. The van der Waals surface area contributed by atoms with Crippen LogP contribution in [0.2, 0.25) is 0 Å². The minimum absolute atomic E-state index is 0.172. The van der Waals surface area contributed by atoms with Crippen LogP contribution in [0.5, 0.6) is 0 Å². The lowest BCUT2D eigenvalue weighted by atomic mass is 9.96. The average Bonchev–Trinajstić information content (AvgIpc) is 2.98. The molecule has 3 rings (SSSR count). The van der Waals surface area contributed by atoms with Crippen LogP contribution in [0, 0.1) is 0 Å². The van der Waals surface area contributed by atoms with Crippen molar-refractivity contribution in [3.05, 3.63) is 51.5 Å². The molecule has 0 radical (unpaired) electrons. The first-order valence-corrected chi connectivity index (χ1v) is 8.88. The first kappa shape index (κ1) is 15.7. The Kier molecular flexibility index (Phi) is 4.62. The Balaban J connectivity index is 1.64. The van der Waals surface area contributed by atoms with E-state index in [1.807, 2.05) is 48.6 Å². The van der Waals surface area contributed by atoms with Gasteiger partial charge in [0.25, 0.3) is 0 Å². The van der Waals surface area contributed by atoms with Crippen LogP contribution in [0.25, 0.3) is 0 Å². The van der Waals surface area contributed by atoms with Gasteiger partial charge in [0.15, 0.2) is 0 Å². The van der Waals surface area contributed by atoms with Crippen LogP contribution >= 0.6 is 11.3 Å². The molecule has 0 bridgehead atoms. The Hall–Kier alpha value is -1.23. The highest BCUT2D eigenvalue weighted by molar-refractivity contribution is 7.11. The van der Waals surface area contributed by atoms with Gasteiger partial charge in [-0.25, -0.2) is 4.98 Å². The molecule has 2 N–H and O–H groups in total. The van der Waals surface area contributed by atoms with Crippen LogP contribution in [0.15, 0.2) is 30.3 Å². The number of thiazole rings is 1. The SMILES string of the molecule is CC(NCC(C)(O)c1ccccc1)c1nc2c(s1)CCCC2. The number of rotatable bonds is 5. The fourth-order valence-electron chi connectivity index (χ4n) is 2.90. The van der Waals surface area contributed by atoms with E-state index in [-0.39, 0.29) is 6.04 Å². The number of nitrogens with zero attached hydrogens (tertiary/aromatic N) is 1. The summed E-state index contributed by atoms with van der Waals surface area (Å²) >= 11 is 1.83. The second-order valence-corrected chi connectivity index (χ2v) is 7.49. The zero-order chi connectivity index (χ0) is 15.6. The maximum Gasteiger partial charge on any atom is 0.110 e. The van der Waals surface area contributed by atoms with Gasteiger partial charge in [0.2, 0.25) is 0 Å². The lowest BCUT2D eigenvalue weighted by Crippen LogP contribution is -2.36. The first-order chi connectivity index (χ1) is 10.6. The van der Waals surface area contributed by atoms with Crippen molar-refractivity contribution in [2.75, 3.05) is 6.54 Å². The number of aryl methyl sites for hydroxylation is 2. The third kappa shape index (κ3) is 3.40. The van der Waals surface area contributed by atoms with E-state index in [4.69, 9.17) is 4.98 Å². The van der Waals surface area contributed by atoms with Gasteiger partial charge in [-0.2, -0.15) is 0 Å². The molecule has 1 aromatic carbocycles. The van der Waals surface area contributed by atoms with Crippen LogP contribution < -0.4 is 5.32 Å². The molecule has 1 heterocycles. The topological polar surface area (TPSA) is 45.1 Å². The van der Waals surface area contributed by atoms with E-state index >= 15 is 0 Å². The Bertz CT molecular complexity index is 598. The molecular weight excluding hydrogens is 292 g/mol. The molecule has 1 aliphatic rings. The number of hydrogen-bond acceptors (Lipinski definition) is 4. The molecule has 0 saturated carbocycles. The summed E-state index contributed by atoms with van der Waals surface area (Å²) in [6.07, 6.45) is 4.86. The molecule has 2 unspecified atom stereocenters. The molecule has 4 heteroatoms. The standard InChI is InChI=1S/C18H24N2OS/c1-13(17-20-15-10-6-7-11-16(15)22-17)19-12-18(2,21)14-8-4-3-5-9-14/h3-5,8-9,13,19,21H,6-7,10-12H2,1-2H3. The number of nitrogens with one attached hydrogen (secondary N) is 1. The molecule has 1 aromatic heterocycles. The maximum absolute atomic E-state index is 10.7. The van der Waals surface area contributed by atoms with Gasteiger partial charge in [0.1, 0.15) is 5.01 Å². The Morgan fingerprint density at radius 1 is 1.27 bits per heavy atom. The highest BCUT2D eigenvalue weighted by Gasteiger charge is 2.25. The fourth-order valence-corrected chi connectivity index (χ4v) is 4.08. The zero-order valence-electron chi connectivity index (χ0n) is 13.3. The summed E-state index contributed by atoms with van der Waals surface area (Å²) in [6.45, 7) is 4.50. The van der Waals surface area contributed by atoms with E-state index < -0.39 is 5.60 Å². The highest BCUT2D eigenvalue weighted by Crippen LogP contribution is 2.30. The number of fused-ring (bicyclic) bond motifs is 1. The summed E-state index contributed by atoms with van der Waals surface area (Å²) in [7, 11) is 0. The molecule has 0 fully saturated rings. The molecule has 0 amide bonds. The van der Waals surface area contributed by atoms with E-state index in [0.717, 1.165) is 17.0 Å². The molecule has 0 saturated heterocycles. The number of benzene rings is 1. The minimum Gasteiger partial charge on any atom is -0.384 e. The smallest absolute Gasteiger partial charge is 0.110 e. The van der Waals surface area contributed by atoms with Crippen molar-refractivity contribution in [1.82, 2.24) is 10.3 Å². The highest BCUT2D eigenvalue weighted by atomic mass is 32.1. The zero-order valence-corrected chi connectivity index (χ0v) is 14.1. The van der Waals surface area contributed by atoms with Crippen LogP contribution in [-0.4, -0.2) is 16.6 Å². The monoisotopic (exact) mass is 316 g/mol. The van der Waals surface area contributed by atoms with Gasteiger partial charge < -0.3 is 10.4 Å². The summed E-state index contributed by atoms with van der Waals surface area (Å²) in [5.74, 6) is 0. The van der Waals surface area contributed by atoms with Crippen molar-refractivity contribution in [2.24, 2.45) is 0 Å². The van der Waals surface area contributed by atoms with Gasteiger partial charge in [0.05, 0.1) is 17.3 Å². The Morgan fingerprint density at radius 3 is 2.73 bits per heavy atom. The molecule has 0 aliphatic heterocycles. The third-order valence-electron chi connectivity index (χ3n) is 4.38. The van der Waals surface area contributed by atoms with Crippen molar-refractivity contribution in [3.63, 3.8) is 0 Å². The van der Waals surface area contributed by atoms with Gasteiger partial charge >= 0.3 is 0 Å². The minimum atomic E-state index is -0.869. The third-order valence-corrected chi connectivity index (χ3v) is 5.72. The second kappa shape index (κ2) is 6.49. The normalized spacial score (nSPS) is 18.5. The molecule has 3 nitrogen and oxygen atoms in total. The number of hydrogen-bond donors (Lipinski definition) is 2. The average molecular weight is 316 g/mol. The van der Waals surface area contributed by atoms with Crippen molar-refractivity contribution in [2.45, 2.75) is 51.2 Å². The summed E-state index contributed by atoms with van der Waals surface area (Å²) in [5, 5.41) is 15.3. The summed E-state index contributed by atoms with van der Waals surface area (Å²) in [6, 6.07) is 9.99. The molecular formula is C18H24N2OS. The quantitative estimate of drug-likeness (QED) is 0.886. The van der Waals surface area contributed by atoms with Gasteiger partial charge in [-0.05, 0) is 45.1 Å². The molecule has 2 atom stereocenters. The lowest BCUT2D eigenvalue weighted by molar-refractivity contribution is 0.0543. The Labute approximate surface area is 136 Å². The predicted molar refractivity (Wildman–Crippen MR) is 91.2 cm³/mol. The molecule has 0 spiro atoms. The summed E-state index contributed by atoms with van der Waals surface area (Å²) < 4.78 is 0. The number of aliphatic hydroxyl groups is 1. The Morgan fingerprint density at radius 2 is 2.00 bits per heavy atom. The van der Waals surface area contributed by atoms with Crippen LogP contribution in [0.3, 0.4) is 0 Å². The van der Waals surface area contributed by atoms with Gasteiger partial charge in [-0.1, -0.05) is 30.3 Å². The largest absolute Gasteiger partial charge is 0.384 e. The predicted octanol–water partition coefficient (Wildman–Crippen LogP) is 3.58. The van der Waals surface area contributed by atoms with Crippen molar-refractivity contribution in [1.29, 1.82) is 0 Å². The summed E-state index contributed by atoms with van der Waals surface area (Å²) in [4.78, 5) is 6.26. The number of aromatic nitrogens is 1. The fraction of sp³-hybridized carbons (Fsp3) is 0.500. The maximum atomic E-state index is 10.7. The van der Waals surface area contributed by atoms with E-state index in [0.29, 0.717) is 6.54 Å². The van der Waals surface area contributed by atoms with Gasteiger partial charge in [-0.15, -0.1) is 11.3 Å². The molecule has 1 aliphatic carbocycles. The van der Waals surface area contributed by atoms with Crippen LogP contribution in [0.1, 0.15) is 53.9 Å². The summed E-state index contributed by atoms with van der Waals surface area (Å²) in [5.41, 5.74) is 1.37. The van der Waals surface area contributed by atoms with Gasteiger partial charge in [0, 0.05) is 11.4 Å². The van der Waals surface area contributed by atoms with E-state index in [1.165, 1.54) is 29.8 Å². The van der Waals surface area contributed by atoms with E-state index in [9.17, 15) is 5.11 Å². The van der Waals surface area contributed by atoms with Crippen molar-refractivity contribution >= 4 is 11.3 Å². The second-order valence-electron chi connectivity index (χ2n) is 6.37. The van der Waals surface area contributed by atoms with Crippen molar-refractivity contribution < 1.29 is 5.11 Å². The van der Waals surface area contributed by atoms with E-state index in [1.54, 1.807) is 0 Å². The molecule has 22 heavy (non-hydrogen) atoms. The first-order valence-electron chi connectivity index (χ1n) is 8.06. The van der Waals surface area contributed by atoms with Crippen LogP contribution in [-0.2, 0) is 18.4 Å². The van der Waals surface area contributed by atoms with E-state index in [2.05, 4.69) is 12.2 Å². The van der Waals surface area contributed by atoms with Crippen molar-refractivity contribution in [3.8, 4) is 0 Å². The van der Waals surface area contributed by atoms with Crippen LogP contribution in [0.4, 0.5) is 0 Å². The van der Waals surface area contributed by atoms with Gasteiger partial charge in [-0.3, -0.25) is 0 Å².